The van der Waals surface area contributed by atoms with E-state index in [9.17, 15) is 4.79 Å². The Morgan fingerprint density at radius 3 is 2.58 bits per heavy atom. The van der Waals surface area contributed by atoms with E-state index in [-0.39, 0.29) is 12.0 Å². The van der Waals surface area contributed by atoms with E-state index in [4.69, 9.17) is 4.74 Å². The van der Waals surface area contributed by atoms with Crippen LogP contribution in [0.3, 0.4) is 0 Å². The molecule has 0 unspecified atom stereocenters. The first-order valence-electron chi connectivity index (χ1n) is 8.23. The van der Waals surface area contributed by atoms with E-state index in [1.807, 2.05) is 69.3 Å². The number of aliphatic imine (C=N–C) groups is 1. The second-order valence-corrected chi connectivity index (χ2v) is 8.06. The number of amides is 1. The predicted molar refractivity (Wildman–Crippen MR) is 112 cm³/mol. The zero-order valence-electron chi connectivity index (χ0n) is 14.7. The zero-order valence-corrected chi connectivity index (χ0v) is 17.1. The quantitative estimate of drug-likeness (QED) is 0.657. The summed E-state index contributed by atoms with van der Waals surface area (Å²) in [5.74, 6) is 0.645. The van der Waals surface area contributed by atoms with Crippen molar-refractivity contribution in [3.05, 3.63) is 63.0 Å². The van der Waals surface area contributed by atoms with Crippen LogP contribution >= 0.6 is 27.7 Å². The number of nitrogens with zero attached hydrogens (tertiary/aromatic N) is 1. The molecule has 1 saturated heterocycles. The fourth-order valence-electron chi connectivity index (χ4n) is 2.32. The van der Waals surface area contributed by atoms with Crippen LogP contribution in [0.5, 0.6) is 5.75 Å². The Balaban J connectivity index is 1.78. The zero-order chi connectivity index (χ0) is 18.7. The first-order chi connectivity index (χ1) is 12.4. The molecule has 6 heteroatoms. The molecule has 1 aliphatic heterocycles. The summed E-state index contributed by atoms with van der Waals surface area (Å²) in [6.07, 6.45) is 1.95. The summed E-state index contributed by atoms with van der Waals surface area (Å²) in [4.78, 5) is 17.3. The molecule has 134 valence electrons. The van der Waals surface area contributed by atoms with Gasteiger partial charge in [-0.05, 0) is 84.4 Å². The highest BCUT2D eigenvalue weighted by atomic mass is 79.9. The maximum absolute atomic E-state index is 12.2. The Labute approximate surface area is 165 Å². The van der Waals surface area contributed by atoms with Crippen LogP contribution in [-0.4, -0.2) is 17.2 Å². The van der Waals surface area contributed by atoms with Gasteiger partial charge in [-0.3, -0.25) is 4.79 Å². The van der Waals surface area contributed by atoms with Crippen LogP contribution in [0.25, 0.3) is 6.08 Å². The highest BCUT2D eigenvalue weighted by Crippen LogP contribution is 2.31. The first kappa shape index (κ1) is 18.7. The molecule has 1 aliphatic rings. The first-order valence-corrected chi connectivity index (χ1v) is 9.84. The Morgan fingerprint density at radius 2 is 1.92 bits per heavy atom. The summed E-state index contributed by atoms with van der Waals surface area (Å²) in [5.41, 5.74) is 2.91. The van der Waals surface area contributed by atoms with Crippen LogP contribution in [0.15, 0.2) is 56.8 Å². The summed E-state index contributed by atoms with van der Waals surface area (Å²) < 4.78 is 6.57. The van der Waals surface area contributed by atoms with Crippen molar-refractivity contribution in [2.75, 3.05) is 0 Å². The largest absolute Gasteiger partial charge is 0.490 e. The molecule has 0 bridgehead atoms. The molecule has 3 rings (SSSR count). The average molecular weight is 431 g/mol. The Morgan fingerprint density at radius 1 is 1.19 bits per heavy atom. The number of rotatable bonds is 4. The molecule has 0 atom stereocenters. The lowest BCUT2D eigenvalue weighted by molar-refractivity contribution is -0.115. The van der Waals surface area contributed by atoms with E-state index in [1.165, 1.54) is 17.3 Å². The fraction of sp³-hybridized carbons (Fsp3) is 0.200. The normalized spacial score (nSPS) is 17.2. The van der Waals surface area contributed by atoms with Crippen LogP contribution in [0.1, 0.15) is 25.0 Å². The lowest BCUT2D eigenvalue weighted by Crippen LogP contribution is -2.19. The van der Waals surface area contributed by atoms with E-state index < -0.39 is 0 Å². The van der Waals surface area contributed by atoms with Crippen molar-refractivity contribution in [3.8, 4) is 5.75 Å². The number of halogens is 1. The van der Waals surface area contributed by atoms with Gasteiger partial charge in [0, 0.05) is 0 Å². The molecule has 0 saturated carbocycles. The number of benzene rings is 2. The van der Waals surface area contributed by atoms with Gasteiger partial charge in [0.05, 0.1) is 21.2 Å². The van der Waals surface area contributed by atoms with Gasteiger partial charge in [-0.25, -0.2) is 4.99 Å². The van der Waals surface area contributed by atoms with Crippen molar-refractivity contribution in [2.24, 2.45) is 4.99 Å². The number of aryl methyl sites for hydroxylation is 1. The number of thioether (sulfide) groups is 1. The molecule has 2 aromatic carbocycles. The molecule has 0 aliphatic carbocycles. The third kappa shape index (κ3) is 4.77. The second-order valence-electron chi connectivity index (χ2n) is 6.17. The predicted octanol–water partition coefficient (Wildman–Crippen LogP) is 5.44. The van der Waals surface area contributed by atoms with Gasteiger partial charge in [0.2, 0.25) is 0 Å². The van der Waals surface area contributed by atoms with Gasteiger partial charge >= 0.3 is 0 Å². The summed E-state index contributed by atoms with van der Waals surface area (Å²) in [6, 6.07) is 13.6. The Hall–Kier alpha value is -2.05. The summed E-state index contributed by atoms with van der Waals surface area (Å²) >= 11 is 4.85. The van der Waals surface area contributed by atoms with Crippen LogP contribution in [0.2, 0.25) is 0 Å². The average Bonchev–Trinajstić information content (AvgIpc) is 2.91. The van der Waals surface area contributed by atoms with E-state index in [0.29, 0.717) is 10.1 Å². The van der Waals surface area contributed by atoms with Crippen molar-refractivity contribution in [1.82, 2.24) is 5.32 Å². The maximum Gasteiger partial charge on any atom is 0.264 e. The minimum atomic E-state index is -0.139. The molecular weight excluding hydrogens is 412 g/mol. The monoisotopic (exact) mass is 430 g/mol. The maximum atomic E-state index is 12.2. The number of nitrogens with one attached hydrogen (secondary N) is 1. The van der Waals surface area contributed by atoms with E-state index >= 15 is 0 Å². The van der Waals surface area contributed by atoms with Crippen molar-refractivity contribution in [1.29, 1.82) is 0 Å². The molecule has 1 N–H and O–H groups in total. The van der Waals surface area contributed by atoms with Gasteiger partial charge in [0.1, 0.15) is 5.75 Å². The van der Waals surface area contributed by atoms with Gasteiger partial charge in [-0.15, -0.1) is 0 Å². The standard InChI is InChI=1S/C20H19BrN2O2S/c1-12(2)25-17-9-6-14(10-16(17)21)11-18-19(24)23-20(26-18)22-15-7-4-13(3)5-8-15/h4-12H,1-3H3,(H,22,23,24)/b18-11+. The molecule has 2 aromatic rings. The van der Waals surface area contributed by atoms with Gasteiger partial charge in [-0.2, -0.15) is 0 Å². The number of carbonyl (C=O) groups excluding carboxylic acids is 1. The van der Waals surface area contributed by atoms with E-state index in [1.54, 1.807) is 0 Å². The van der Waals surface area contributed by atoms with E-state index in [2.05, 4.69) is 26.2 Å². The van der Waals surface area contributed by atoms with Crippen LogP contribution < -0.4 is 10.1 Å². The second kappa shape index (κ2) is 8.10. The molecule has 1 fully saturated rings. The number of amidine groups is 1. The van der Waals surface area contributed by atoms with Crippen molar-refractivity contribution < 1.29 is 9.53 Å². The number of hydrogen-bond donors (Lipinski definition) is 1. The minimum absolute atomic E-state index is 0.104. The molecule has 1 heterocycles. The fourth-order valence-corrected chi connectivity index (χ4v) is 3.66. The van der Waals surface area contributed by atoms with Crippen LogP contribution in [0, 0.1) is 6.92 Å². The third-order valence-corrected chi connectivity index (χ3v) is 5.06. The third-order valence-electron chi connectivity index (χ3n) is 3.53. The van der Waals surface area contributed by atoms with Crippen molar-refractivity contribution in [2.45, 2.75) is 26.9 Å². The molecule has 4 nitrogen and oxygen atoms in total. The number of hydrogen-bond acceptors (Lipinski definition) is 4. The summed E-state index contributed by atoms with van der Waals surface area (Å²) in [7, 11) is 0. The Kier molecular flexibility index (Phi) is 5.84. The highest BCUT2D eigenvalue weighted by Gasteiger charge is 2.23. The molecule has 0 radical (unpaired) electrons. The SMILES string of the molecule is Cc1ccc(N=C2NC(=O)/C(=C\c3ccc(OC(C)C)c(Br)c3)S2)cc1. The lowest BCUT2D eigenvalue weighted by Gasteiger charge is -2.11. The van der Waals surface area contributed by atoms with Crippen molar-refractivity contribution in [3.63, 3.8) is 0 Å². The highest BCUT2D eigenvalue weighted by molar-refractivity contribution is 9.10. The molecule has 26 heavy (non-hydrogen) atoms. The Bertz CT molecular complexity index is 889. The van der Waals surface area contributed by atoms with Gasteiger partial charge in [-0.1, -0.05) is 23.8 Å². The van der Waals surface area contributed by atoms with Gasteiger partial charge < -0.3 is 10.1 Å². The van der Waals surface area contributed by atoms with Crippen molar-refractivity contribution >= 4 is 50.5 Å². The van der Waals surface area contributed by atoms with Gasteiger partial charge in [0.25, 0.3) is 5.91 Å². The van der Waals surface area contributed by atoms with E-state index in [0.717, 1.165) is 21.5 Å². The van der Waals surface area contributed by atoms with Crippen LogP contribution in [0.4, 0.5) is 5.69 Å². The number of ether oxygens (including phenoxy) is 1. The molecular formula is C20H19BrN2O2S. The molecule has 1 amide bonds. The topological polar surface area (TPSA) is 50.7 Å². The van der Waals surface area contributed by atoms with Crippen LogP contribution in [-0.2, 0) is 4.79 Å². The number of carbonyl (C=O) groups is 1. The lowest BCUT2D eigenvalue weighted by atomic mass is 10.2. The summed E-state index contributed by atoms with van der Waals surface area (Å²) in [5, 5.41) is 3.40. The minimum Gasteiger partial charge on any atom is -0.490 e. The molecule has 0 aromatic heterocycles. The summed E-state index contributed by atoms with van der Waals surface area (Å²) in [6.45, 7) is 5.99. The smallest absolute Gasteiger partial charge is 0.264 e. The van der Waals surface area contributed by atoms with Gasteiger partial charge in [0.15, 0.2) is 5.17 Å². The molecule has 0 spiro atoms.